The van der Waals surface area contributed by atoms with Crippen LogP contribution in [0, 0.1) is 5.82 Å². The van der Waals surface area contributed by atoms with Gasteiger partial charge in [0.05, 0.1) is 5.69 Å². The van der Waals surface area contributed by atoms with Crippen molar-refractivity contribution in [1.29, 1.82) is 0 Å². The molecule has 0 radical (unpaired) electrons. The van der Waals surface area contributed by atoms with E-state index in [1.165, 1.54) is 25.0 Å². The van der Waals surface area contributed by atoms with E-state index in [9.17, 15) is 14.0 Å². The molecule has 1 aromatic heterocycles. The molecule has 2 aliphatic rings. The van der Waals surface area contributed by atoms with E-state index in [1.807, 2.05) is 4.90 Å². The molecule has 0 spiro atoms. The molecule has 4 rings (SSSR count). The van der Waals surface area contributed by atoms with Gasteiger partial charge in [-0.1, -0.05) is 18.0 Å². The van der Waals surface area contributed by atoms with Crippen molar-refractivity contribution in [2.45, 2.75) is 63.3 Å². The first-order valence-corrected chi connectivity index (χ1v) is 10.2. The quantitative estimate of drug-likeness (QED) is 0.852. The number of benzene rings is 1. The number of carbonyl (C=O) groups is 2. The van der Waals surface area contributed by atoms with E-state index < -0.39 is 0 Å². The molecule has 1 aromatic carbocycles. The summed E-state index contributed by atoms with van der Waals surface area (Å²) in [5, 5.41) is 7.88. The van der Waals surface area contributed by atoms with Crippen LogP contribution in [-0.4, -0.2) is 41.0 Å². The van der Waals surface area contributed by atoms with E-state index in [0.29, 0.717) is 30.1 Å². The maximum atomic E-state index is 13.6. The molecular formula is C21H26FN3O3. The van der Waals surface area contributed by atoms with Gasteiger partial charge in [-0.05, 0) is 43.9 Å². The second kappa shape index (κ2) is 8.29. The predicted octanol–water partition coefficient (Wildman–Crippen LogP) is 3.51. The zero-order chi connectivity index (χ0) is 19.5. The van der Waals surface area contributed by atoms with Crippen LogP contribution in [0.1, 0.15) is 63.0 Å². The number of rotatable bonds is 5. The highest BCUT2D eigenvalue weighted by atomic mass is 19.1. The molecule has 2 amide bonds. The molecule has 1 saturated heterocycles. The summed E-state index contributed by atoms with van der Waals surface area (Å²) in [4.78, 5) is 26.3. The van der Waals surface area contributed by atoms with Crippen LogP contribution in [-0.2, 0) is 9.59 Å². The molecule has 7 heteroatoms. The summed E-state index contributed by atoms with van der Waals surface area (Å²) in [7, 11) is 0. The topological polar surface area (TPSA) is 75.4 Å². The Hall–Kier alpha value is -2.44. The van der Waals surface area contributed by atoms with Crippen LogP contribution in [0.2, 0.25) is 0 Å². The van der Waals surface area contributed by atoms with Gasteiger partial charge < -0.3 is 14.7 Å². The van der Waals surface area contributed by atoms with Crippen molar-refractivity contribution in [3.63, 3.8) is 0 Å². The molecule has 1 aliphatic carbocycles. The van der Waals surface area contributed by atoms with Crippen molar-refractivity contribution >= 4 is 22.8 Å². The number of nitrogens with one attached hydrogen (secondary N) is 1. The summed E-state index contributed by atoms with van der Waals surface area (Å²) in [6, 6.07) is 4.71. The first kappa shape index (κ1) is 18.9. The highest BCUT2D eigenvalue weighted by molar-refractivity contribution is 5.84. The molecule has 28 heavy (non-hydrogen) atoms. The first-order chi connectivity index (χ1) is 13.6. The average molecular weight is 387 g/mol. The SMILES string of the molecule is O=C(CCC(=O)N1CCC(c2noc3ccc(F)cc23)CC1)NC1CCCC1. The second-order valence-corrected chi connectivity index (χ2v) is 7.91. The Labute approximate surface area is 163 Å². The second-order valence-electron chi connectivity index (χ2n) is 7.91. The van der Waals surface area contributed by atoms with Gasteiger partial charge in [0.25, 0.3) is 0 Å². The number of hydrogen-bond donors (Lipinski definition) is 1. The van der Waals surface area contributed by atoms with Gasteiger partial charge in [0.1, 0.15) is 5.82 Å². The van der Waals surface area contributed by atoms with E-state index in [-0.39, 0.29) is 36.4 Å². The summed E-state index contributed by atoms with van der Waals surface area (Å²) in [6.45, 7) is 1.24. The van der Waals surface area contributed by atoms with Crippen molar-refractivity contribution in [2.24, 2.45) is 0 Å². The summed E-state index contributed by atoms with van der Waals surface area (Å²) in [5.41, 5.74) is 1.36. The minimum Gasteiger partial charge on any atom is -0.356 e. The average Bonchev–Trinajstić information content (AvgIpc) is 3.35. The van der Waals surface area contributed by atoms with Crippen LogP contribution in [0.3, 0.4) is 0 Å². The number of fused-ring (bicyclic) bond motifs is 1. The number of nitrogens with zero attached hydrogens (tertiary/aromatic N) is 2. The lowest BCUT2D eigenvalue weighted by molar-refractivity contribution is -0.134. The lowest BCUT2D eigenvalue weighted by Gasteiger charge is -2.31. The Balaban J connectivity index is 1.27. The van der Waals surface area contributed by atoms with Gasteiger partial charge in [-0.2, -0.15) is 0 Å². The van der Waals surface area contributed by atoms with E-state index in [2.05, 4.69) is 10.5 Å². The summed E-state index contributed by atoms with van der Waals surface area (Å²) in [6.07, 6.45) is 6.47. The number of likely N-dealkylation sites (tertiary alicyclic amines) is 1. The highest BCUT2D eigenvalue weighted by Gasteiger charge is 2.27. The Morgan fingerprint density at radius 2 is 1.89 bits per heavy atom. The van der Waals surface area contributed by atoms with Crippen molar-refractivity contribution < 1.29 is 18.5 Å². The molecule has 1 N–H and O–H groups in total. The van der Waals surface area contributed by atoms with Crippen LogP contribution >= 0.6 is 0 Å². The van der Waals surface area contributed by atoms with Crippen molar-refractivity contribution in [3.8, 4) is 0 Å². The standard InChI is InChI=1S/C21H26FN3O3/c22-15-5-6-18-17(13-15)21(24-28-18)14-9-11-25(12-10-14)20(27)8-7-19(26)23-16-3-1-2-4-16/h5-6,13-14,16H,1-4,7-12H2,(H,23,26). The third-order valence-electron chi connectivity index (χ3n) is 5.98. The smallest absolute Gasteiger partial charge is 0.223 e. The van der Waals surface area contributed by atoms with E-state index in [0.717, 1.165) is 31.4 Å². The molecule has 1 aliphatic heterocycles. The fraction of sp³-hybridized carbons (Fsp3) is 0.571. The molecule has 0 bridgehead atoms. The molecule has 2 fully saturated rings. The van der Waals surface area contributed by atoms with Crippen LogP contribution in [0.4, 0.5) is 4.39 Å². The van der Waals surface area contributed by atoms with E-state index >= 15 is 0 Å². The van der Waals surface area contributed by atoms with Crippen LogP contribution in [0.25, 0.3) is 11.0 Å². The van der Waals surface area contributed by atoms with Crippen molar-refractivity contribution in [1.82, 2.24) is 15.4 Å². The Morgan fingerprint density at radius 1 is 1.14 bits per heavy atom. The molecule has 2 heterocycles. The summed E-state index contributed by atoms with van der Waals surface area (Å²) >= 11 is 0. The van der Waals surface area contributed by atoms with Gasteiger partial charge in [-0.25, -0.2) is 4.39 Å². The van der Waals surface area contributed by atoms with Crippen LogP contribution < -0.4 is 5.32 Å². The Kier molecular flexibility index (Phi) is 5.59. The molecule has 2 aromatic rings. The number of aromatic nitrogens is 1. The van der Waals surface area contributed by atoms with Gasteiger partial charge >= 0.3 is 0 Å². The van der Waals surface area contributed by atoms with Crippen LogP contribution in [0.15, 0.2) is 22.7 Å². The molecular weight excluding hydrogens is 361 g/mol. The molecule has 150 valence electrons. The first-order valence-electron chi connectivity index (χ1n) is 10.2. The largest absolute Gasteiger partial charge is 0.356 e. The highest BCUT2D eigenvalue weighted by Crippen LogP contribution is 2.33. The maximum Gasteiger partial charge on any atom is 0.223 e. The number of piperidine rings is 1. The number of hydrogen-bond acceptors (Lipinski definition) is 4. The Morgan fingerprint density at radius 3 is 2.64 bits per heavy atom. The Bertz CT molecular complexity index is 852. The van der Waals surface area contributed by atoms with Crippen molar-refractivity contribution in [3.05, 3.63) is 29.7 Å². The minimum absolute atomic E-state index is 0.0220. The summed E-state index contributed by atoms with van der Waals surface area (Å²) < 4.78 is 18.9. The van der Waals surface area contributed by atoms with Gasteiger partial charge in [-0.15, -0.1) is 0 Å². The number of carbonyl (C=O) groups excluding carboxylic acids is 2. The van der Waals surface area contributed by atoms with E-state index in [4.69, 9.17) is 4.52 Å². The third-order valence-corrected chi connectivity index (χ3v) is 5.98. The fourth-order valence-corrected chi connectivity index (χ4v) is 4.37. The fourth-order valence-electron chi connectivity index (χ4n) is 4.37. The van der Waals surface area contributed by atoms with Crippen molar-refractivity contribution in [2.75, 3.05) is 13.1 Å². The number of amides is 2. The van der Waals surface area contributed by atoms with Gasteiger partial charge in [0.2, 0.25) is 11.8 Å². The minimum atomic E-state index is -0.305. The lowest BCUT2D eigenvalue weighted by Crippen LogP contribution is -2.39. The van der Waals surface area contributed by atoms with Gasteiger partial charge in [0, 0.05) is 43.3 Å². The van der Waals surface area contributed by atoms with Gasteiger partial charge in [-0.3, -0.25) is 9.59 Å². The van der Waals surface area contributed by atoms with Gasteiger partial charge in [0.15, 0.2) is 5.58 Å². The predicted molar refractivity (Wildman–Crippen MR) is 102 cm³/mol. The third kappa shape index (κ3) is 4.18. The van der Waals surface area contributed by atoms with Crippen LogP contribution in [0.5, 0.6) is 0 Å². The molecule has 1 saturated carbocycles. The molecule has 0 atom stereocenters. The normalized spacial score (nSPS) is 18.7. The van der Waals surface area contributed by atoms with E-state index in [1.54, 1.807) is 6.07 Å². The monoisotopic (exact) mass is 387 g/mol. The molecule has 6 nitrogen and oxygen atoms in total. The zero-order valence-corrected chi connectivity index (χ0v) is 16.0. The zero-order valence-electron chi connectivity index (χ0n) is 16.0. The lowest BCUT2D eigenvalue weighted by atomic mass is 9.91. The number of halogens is 1. The summed E-state index contributed by atoms with van der Waals surface area (Å²) in [5.74, 6) is -0.152. The molecule has 0 unspecified atom stereocenters. The maximum absolute atomic E-state index is 13.6.